The normalized spacial score (nSPS) is 12.0. The molecule has 128 valence electrons. The van der Waals surface area contributed by atoms with Gasteiger partial charge in [0.1, 0.15) is 5.82 Å². The van der Waals surface area contributed by atoms with Gasteiger partial charge in [-0.3, -0.25) is 0 Å². The number of carbonyl (C=O) groups is 1. The number of benzene rings is 2. The summed E-state index contributed by atoms with van der Waals surface area (Å²) in [5.74, 6) is -0.407. The van der Waals surface area contributed by atoms with Crippen molar-refractivity contribution in [2.24, 2.45) is 0 Å². The zero-order valence-electron chi connectivity index (χ0n) is 13.6. The number of nitrogens with zero attached hydrogens (tertiary/aromatic N) is 2. The van der Waals surface area contributed by atoms with E-state index in [1.807, 2.05) is 18.4 Å². The Morgan fingerprint density at radius 2 is 1.80 bits per heavy atom. The van der Waals surface area contributed by atoms with E-state index in [2.05, 4.69) is 10.2 Å². The van der Waals surface area contributed by atoms with Crippen LogP contribution >= 0.6 is 11.8 Å². The third-order valence-corrected chi connectivity index (χ3v) is 4.23. The van der Waals surface area contributed by atoms with Crippen LogP contribution in [-0.4, -0.2) is 22.4 Å². The second-order valence-corrected chi connectivity index (χ2v) is 6.11. The average Bonchev–Trinajstić information content (AvgIpc) is 3.12. The lowest BCUT2D eigenvalue weighted by molar-refractivity contribution is 0.0280. The van der Waals surface area contributed by atoms with Crippen LogP contribution in [0.3, 0.4) is 0 Å². The van der Waals surface area contributed by atoms with Gasteiger partial charge < -0.3 is 9.15 Å². The maximum Gasteiger partial charge on any atom is 0.338 e. The zero-order chi connectivity index (χ0) is 17.8. The Kier molecular flexibility index (Phi) is 5.14. The third kappa shape index (κ3) is 4.06. The summed E-state index contributed by atoms with van der Waals surface area (Å²) < 4.78 is 23.8. The van der Waals surface area contributed by atoms with Crippen LogP contribution in [0.2, 0.25) is 0 Å². The molecule has 0 radical (unpaired) electrons. The van der Waals surface area contributed by atoms with Crippen LogP contribution in [0.5, 0.6) is 0 Å². The fourth-order valence-corrected chi connectivity index (χ4v) is 2.52. The summed E-state index contributed by atoms with van der Waals surface area (Å²) in [4.78, 5) is 13.2. The van der Waals surface area contributed by atoms with Crippen molar-refractivity contribution in [1.29, 1.82) is 0 Å². The third-order valence-electron chi connectivity index (χ3n) is 3.49. The molecule has 0 aliphatic rings. The lowest BCUT2D eigenvalue weighted by Gasteiger charge is -2.09. The van der Waals surface area contributed by atoms with Gasteiger partial charge in [0, 0.05) is 10.5 Å². The van der Waals surface area contributed by atoms with Gasteiger partial charge in [0.15, 0.2) is 6.10 Å². The number of rotatable bonds is 5. The molecule has 0 fully saturated rings. The standard InChI is InChI=1S/C18H15FN2O3S/c1-11(23-18(22)13-5-9-15(25-2)10-6-13)16-20-21-17(24-16)12-3-7-14(19)8-4-12/h3-11H,1-2H3/t11-/m0/s1. The smallest absolute Gasteiger partial charge is 0.338 e. The van der Waals surface area contributed by atoms with Crippen LogP contribution in [-0.2, 0) is 4.74 Å². The Morgan fingerprint density at radius 1 is 1.12 bits per heavy atom. The van der Waals surface area contributed by atoms with E-state index in [9.17, 15) is 9.18 Å². The number of thioether (sulfide) groups is 1. The molecule has 0 saturated heterocycles. The molecule has 7 heteroatoms. The van der Waals surface area contributed by atoms with Crippen LogP contribution < -0.4 is 0 Å². The van der Waals surface area contributed by atoms with E-state index in [1.165, 1.54) is 24.3 Å². The molecule has 0 amide bonds. The van der Waals surface area contributed by atoms with E-state index in [0.29, 0.717) is 11.1 Å². The maximum atomic E-state index is 13.0. The first-order chi connectivity index (χ1) is 12.1. The van der Waals surface area contributed by atoms with Crippen molar-refractivity contribution in [1.82, 2.24) is 10.2 Å². The molecule has 1 heterocycles. The number of halogens is 1. The van der Waals surface area contributed by atoms with Crippen molar-refractivity contribution >= 4 is 17.7 Å². The topological polar surface area (TPSA) is 65.2 Å². The molecule has 3 aromatic rings. The minimum atomic E-state index is -0.700. The summed E-state index contributed by atoms with van der Waals surface area (Å²) >= 11 is 1.59. The molecule has 0 bridgehead atoms. The van der Waals surface area contributed by atoms with Crippen molar-refractivity contribution in [2.75, 3.05) is 6.26 Å². The van der Waals surface area contributed by atoms with Gasteiger partial charge in [0.2, 0.25) is 5.89 Å². The maximum absolute atomic E-state index is 13.0. The number of hydrogen-bond donors (Lipinski definition) is 0. The Balaban J connectivity index is 1.69. The lowest BCUT2D eigenvalue weighted by atomic mass is 10.2. The quantitative estimate of drug-likeness (QED) is 0.494. The molecule has 1 aromatic heterocycles. The molecule has 2 aromatic carbocycles. The van der Waals surface area contributed by atoms with Crippen molar-refractivity contribution in [3.63, 3.8) is 0 Å². The van der Waals surface area contributed by atoms with E-state index < -0.39 is 12.1 Å². The predicted octanol–water partition coefficient (Wildman–Crippen LogP) is 4.52. The molecule has 3 rings (SSSR count). The van der Waals surface area contributed by atoms with Crippen molar-refractivity contribution in [3.8, 4) is 11.5 Å². The molecule has 25 heavy (non-hydrogen) atoms. The molecule has 0 N–H and O–H groups in total. The highest BCUT2D eigenvalue weighted by Crippen LogP contribution is 2.23. The highest BCUT2D eigenvalue weighted by Gasteiger charge is 2.20. The Bertz CT molecular complexity index is 863. The Hall–Kier alpha value is -2.67. The second kappa shape index (κ2) is 7.48. The molecule has 1 atom stereocenters. The first kappa shape index (κ1) is 17.2. The van der Waals surface area contributed by atoms with Crippen molar-refractivity contribution in [3.05, 3.63) is 65.8 Å². The number of esters is 1. The van der Waals surface area contributed by atoms with Crippen LogP contribution in [0, 0.1) is 5.82 Å². The van der Waals surface area contributed by atoms with Gasteiger partial charge in [-0.25, -0.2) is 9.18 Å². The number of ether oxygens (including phenoxy) is 1. The van der Waals surface area contributed by atoms with Crippen molar-refractivity contribution in [2.45, 2.75) is 17.9 Å². The minimum absolute atomic E-state index is 0.174. The van der Waals surface area contributed by atoms with Gasteiger partial charge in [0.05, 0.1) is 5.56 Å². The summed E-state index contributed by atoms with van der Waals surface area (Å²) in [6.45, 7) is 1.65. The van der Waals surface area contributed by atoms with E-state index in [-0.39, 0.29) is 17.6 Å². The fraction of sp³-hybridized carbons (Fsp3) is 0.167. The minimum Gasteiger partial charge on any atom is -0.449 e. The average molecular weight is 358 g/mol. The molecular weight excluding hydrogens is 343 g/mol. The van der Waals surface area contributed by atoms with E-state index >= 15 is 0 Å². The largest absolute Gasteiger partial charge is 0.449 e. The summed E-state index contributed by atoms with van der Waals surface area (Å²) in [6.07, 6.45) is 1.26. The van der Waals surface area contributed by atoms with Crippen LogP contribution in [0.25, 0.3) is 11.5 Å². The molecule has 0 saturated carbocycles. The Morgan fingerprint density at radius 3 is 2.44 bits per heavy atom. The zero-order valence-corrected chi connectivity index (χ0v) is 14.4. The highest BCUT2D eigenvalue weighted by atomic mass is 32.2. The van der Waals surface area contributed by atoms with E-state index in [0.717, 1.165) is 4.90 Å². The summed E-state index contributed by atoms with van der Waals surface area (Å²) in [5, 5.41) is 7.80. The van der Waals surface area contributed by atoms with Gasteiger partial charge in [-0.15, -0.1) is 22.0 Å². The van der Waals surface area contributed by atoms with E-state index in [4.69, 9.17) is 9.15 Å². The highest BCUT2D eigenvalue weighted by molar-refractivity contribution is 7.98. The first-order valence-corrected chi connectivity index (χ1v) is 8.73. The predicted molar refractivity (Wildman–Crippen MR) is 91.7 cm³/mol. The summed E-state index contributed by atoms with van der Waals surface area (Å²) in [5.41, 5.74) is 1.04. The number of hydrogen-bond acceptors (Lipinski definition) is 6. The van der Waals surface area contributed by atoms with Gasteiger partial charge >= 0.3 is 5.97 Å². The molecule has 5 nitrogen and oxygen atoms in total. The number of carbonyl (C=O) groups excluding carboxylic acids is 1. The first-order valence-electron chi connectivity index (χ1n) is 7.51. The van der Waals surface area contributed by atoms with Gasteiger partial charge in [0.25, 0.3) is 5.89 Å². The summed E-state index contributed by atoms with van der Waals surface area (Å²) in [7, 11) is 0. The van der Waals surface area contributed by atoms with E-state index in [1.54, 1.807) is 30.8 Å². The fourth-order valence-electron chi connectivity index (χ4n) is 2.11. The van der Waals surface area contributed by atoms with Gasteiger partial charge in [-0.1, -0.05) is 0 Å². The van der Waals surface area contributed by atoms with Gasteiger partial charge in [-0.05, 0) is 61.7 Å². The van der Waals surface area contributed by atoms with Crippen LogP contribution in [0.15, 0.2) is 57.8 Å². The molecule has 0 unspecified atom stereocenters. The second-order valence-electron chi connectivity index (χ2n) is 5.23. The lowest BCUT2D eigenvalue weighted by Crippen LogP contribution is -2.09. The molecule has 0 aliphatic heterocycles. The molecule has 0 aliphatic carbocycles. The van der Waals surface area contributed by atoms with Crippen LogP contribution in [0.1, 0.15) is 29.3 Å². The van der Waals surface area contributed by atoms with Crippen molar-refractivity contribution < 1.29 is 18.3 Å². The number of aromatic nitrogens is 2. The van der Waals surface area contributed by atoms with Gasteiger partial charge in [-0.2, -0.15) is 0 Å². The monoisotopic (exact) mass is 358 g/mol. The summed E-state index contributed by atoms with van der Waals surface area (Å²) in [6, 6.07) is 12.8. The molecule has 0 spiro atoms. The molecular formula is C18H15FN2O3S. The Labute approximate surface area is 148 Å². The SMILES string of the molecule is CSc1ccc(C(=O)O[C@@H](C)c2nnc(-c3ccc(F)cc3)o2)cc1. The van der Waals surface area contributed by atoms with Crippen LogP contribution in [0.4, 0.5) is 4.39 Å².